The van der Waals surface area contributed by atoms with Crippen molar-refractivity contribution in [1.82, 2.24) is 10.6 Å². The highest BCUT2D eigenvalue weighted by atomic mass is 16.5. The Morgan fingerprint density at radius 1 is 0.969 bits per heavy atom. The predicted octanol–water partition coefficient (Wildman–Crippen LogP) is 3.90. The van der Waals surface area contributed by atoms with Gasteiger partial charge in [0.2, 0.25) is 5.91 Å². The summed E-state index contributed by atoms with van der Waals surface area (Å²) in [5.41, 5.74) is 1.13. The first-order valence-electron chi connectivity index (χ1n) is 11.2. The molecule has 1 atom stereocenters. The van der Waals surface area contributed by atoms with E-state index in [-0.39, 0.29) is 17.9 Å². The molecule has 7 heteroatoms. The Morgan fingerprint density at radius 2 is 1.66 bits per heavy atom. The van der Waals surface area contributed by atoms with Crippen molar-refractivity contribution in [3.05, 3.63) is 59.7 Å². The van der Waals surface area contributed by atoms with Gasteiger partial charge in [0.1, 0.15) is 11.8 Å². The van der Waals surface area contributed by atoms with E-state index in [4.69, 9.17) is 4.74 Å². The normalized spacial score (nSPS) is 14.8. The lowest BCUT2D eigenvalue weighted by Gasteiger charge is -2.25. The lowest BCUT2D eigenvalue weighted by Crippen LogP contribution is -2.49. The summed E-state index contributed by atoms with van der Waals surface area (Å²) in [6, 6.07) is 13.0. The lowest BCUT2D eigenvalue weighted by molar-refractivity contribution is -0.124. The molecule has 3 N–H and O–H groups in total. The Kier molecular flexibility index (Phi) is 8.25. The van der Waals surface area contributed by atoms with Gasteiger partial charge < -0.3 is 20.7 Å². The summed E-state index contributed by atoms with van der Waals surface area (Å²) in [6.45, 7) is 1.86. The second kappa shape index (κ2) is 11.3. The van der Waals surface area contributed by atoms with Crippen LogP contribution in [-0.4, -0.2) is 36.9 Å². The third-order valence-corrected chi connectivity index (χ3v) is 5.75. The Bertz CT molecular complexity index is 936. The Morgan fingerprint density at radius 3 is 2.31 bits per heavy atom. The van der Waals surface area contributed by atoms with Crippen LogP contribution in [0.5, 0.6) is 5.75 Å². The summed E-state index contributed by atoms with van der Waals surface area (Å²) in [6.07, 6.45) is 5.89. The molecule has 2 aromatic carbocycles. The second-order valence-corrected chi connectivity index (χ2v) is 8.01. The van der Waals surface area contributed by atoms with Gasteiger partial charge >= 0.3 is 0 Å². The Hall–Kier alpha value is -3.35. The van der Waals surface area contributed by atoms with E-state index >= 15 is 0 Å². The van der Waals surface area contributed by atoms with Crippen molar-refractivity contribution in [1.29, 1.82) is 0 Å². The van der Waals surface area contributed by atoms with E-state index in [0.717, 1.165) is 25.7 Å². The van der Waals surface area contributed by atoms with Gasteiger partial charge in [-0.25, -0.2) is 0 Å². The average molecular weight is 438 g/mol. The topological polar surface area (TPSA) is 96.5 Å². The Labute approximate surface area is 188 Å². The molecule has 0 aliphatic heterocycles. The molecule has 0 aromatic heterocycles. The summed E-state index contributed by atoms with van der Waals surface area (Å²) in [5.74, 6) is -0.248. The summed E-state index contributed by atoms with van der Waals surface area (Å²) in [5, 5.41) is 8.68. The van der Waals surface area contributed by atoms with Crippen molar-refractivity contribution in [2.24, 2.45) is 0 Å². The molecule has 3 amide bonds. The first-order chi connectivity index (χ1) is 15.5. The van der Waals surface area contributed by atoms with Crippen molar-refractivity contribution in [2.75, 3.05) is 12.4 Å². The third kappa shape index (κ3) is 6.09. The summed E-state index contributed by atoms with van der Waals surface area (Å²) in [4.78, 5) is 38.3. The van der Waals surface area contributed by atoms with Crippen molar-refractivity contribution in [2.45, 2.75) is 57.5 Å². The van der Waals surface area contributed by atoms with E-state index in [9.17, 15) is 14.4 Å². The van der Waals surface area contributed by atoms with Gasteiger partial charge in [-0.05, 0) is 55.7 Å². The lowest BCUT2D eigenvalue weighted by atomic mass is 9.95. The maximum atomic E-state index is 13.0. The smallest absolute Gasteiger partial charge is 0.255 e. The third-order valence-electron chi connectivity index (χ3n) is 5.75. The fraction of sp³-hybridized carbons (Fsp3) is 0.400. The molecule has 7 nitrogen and oxygen atoms in total. The molecule has 3 rings (SSSR count). The number of amides is 3. The first kappa shape index (κ1) is 23.3. The van der Waals surface area contributed by atoms with Gasteiger partial charge in [0, 0.05) is 11.6 Å². The monoisotopic (exact) mass is 437 g/mol. The first-order valence-corrected chi connectivity index (χ1v) is 11.2. The maximum Gasteiger partial charge on any atom is 0.255 e. The van der Waals surface area contributed by atoms with Crippen molar-refractivity contribution < 1.29 is 19.1 Å². The largest absolute Gasteiger partial charge is 0.497 e. The molecule has 0 saturated heterocycles. The number of ether oxygens (including phenoxy) is 1. The van der Waals surface area contributed by atoms with E-state index in [1.165, 1.54) is 6.42 Å². The fourth-order valence-electron chi connectivity index (χ4n) is 3.86. The van der Waals surface area contributed by atoms with E-state index in [1.807, 2.05) is 6.92 Å². The second-order valence-electron chi connectivity index (χ2n) is 8.01. The van der Waals surface area contributed by atoms with E-state index in [1.54, 1.807) is 55.6 Å². The van der Waals surface area contributed by atoms with Gasteiger partial charge in [-0.15, -0.1) is 0 Å². The molecule has 0 unspecified atom stereocenters. The molecule has 0 bridgehead atoms. The van der Waals surface area contributed by atoms with Crippen molar-refractivity contribution in [3.63, 3.8) is 0 Å². The Balaban J connectivity index is 1.66. The van der Waals surface area contributed by atoms with Crippen LogP contribution in [0.4, 0.5) is 5.69 Å². The van der Waals surface area contributed by atoms with Crippen LogP contribution in [0.15, 0.2) is 48.5 Å². The summed E-state index contributed by atoms with van der Waals surface area (Å²) in [7, 11) is 1.56. The van der Waals surface area contributed by atoms with Gasteiger partial charge in [0.15, 0.2) is 0 Å². The number of hydrogen-bond donors (Lipinski definition) is 3. The quantitative estimate of drug-likeness (QED) is 0.583. The number of benzene rings is 2. The highest BCUT2D eigenvalue weighted by Gasteiger charge is 2.24. The van der Waals surface area contributed by atoms with Crippen LogP contribution in [-0.2, 0) is 4.79 Å². The minimum Gasteiger partial charge on any atom is -0.497 e. The van der Waals surface area contributed by atoms with Crippen LogP contribution in [0, 0.1) is 0 Å². The summed E-state index contributed by atoms with van der Waals surface area (Å²) < 4.78 is 5.12. The molecule has 0 radical (unpaired) electrons. The molecule has 32 heavy (non-hydrogen) atoms. The van der Waals surface area contributed by atoms with E-state index in [0.29, 0.717) is 29.0 Å². The molecule has 1 aliphatic carbocycles. The van der Waals surface area contributed by atoms with Gasteiger partial charge in [-0.2, -0.15) is 0 Å². The van der Waals surface area contributed by atoms with Gasteiger partial charge in [0.25, 0.3) is 11.8 Å². The standard InChI is InChI=1S/C25H31N3O4/c1-3-21(25(31)26-18-9-5-4-6-10-18)27-24(30)20-11-7-8-12-22(20)28-23(29)17-13-15-19(32-2)16-14-17/h7-8,11-16,18,21H,3-6,9-10H2,1-2H3,(H,26,31)(H,27,30)(H,28,29)/t21-/m1/s1. The van der Waals surface area contributed by atoms with Gasteiger partial charge in [-0.1, -0.05) is 38.3 Å². The predicted molar refractivity (Wildman–Crippen MR) is 124 cm³/mol. The molecule has 1 aliphatic rings. The van der Waals surface area contributed by atoms with Gasteiger partial charge in [-0.3, -0.25) is 14.4 Å². The van der Waals surface area contributed by atoms with Crippen molar-refractivity contribution >= 4 is 23.4 Å². The molecule has 0 heterocycles. The van der Waals surface area contributed by atoms with Crippen molar-refractivity contribution in [3.8, 4) is 5.75 Å². The highest BCUT2D eigenvalue weighted by Crippen LogP contribution is 2.19. The number of nitrogens with one attached hydrogen (secondary N) is 3. The van der Waals surface area contributed by atoms with Crippen LogP contribution in [0.3, 0.4) is 0 Å². The van der Waals surface area contributed by atoms with Crippen LogP contribution in [0.25, 0.3) is 0 Å². The van der Waals surface area contributed by atoms with E-state index < -0.39 is 11.9 Å². The number of rotatable bonds is 8. The molecule has 0 spiro atoms. The molecule has 2 aromatic rings. The zero-order valence-corrected chi connectivity index (χ0v) is 18.6. The maximum absolute atomic E-state index is 13.0. The van der Waals surface area contributed by atoms with Crippen LogP contribution >= 0.6 is 0 Å². The van der Waals surface area contributed by atoms with E-state index in [2.05, 4.69) is 16.0 Å². The molecular formula is C25H31N3O4. The number of anilines is 1. The molecular weight excluding hydrogens is 406 g/mol. The average Bonchev–Trinajstić information content (AvgIpc) is 2.83. The number of para-hydroxylation sites is 1. The fourth-order valence-corrected chi connectivity index (χ4v) is 3.86. The minimum absolute atomic E-state index is 0.160. The zero-order chi connectivity index (χ0) is 22.9. The number of carbonyl (C=O) groups is 3. The highest BCUT2D eigenvalue weighted by molar-refractivity contribution is 6.09. The number of hydrogen-bond acceptors (Lipinski definition) is 4. The zero-order valence-electron chi connectivity index (χ0n) is 18.6. The van der Waals surface area contributed by atoms with Crippen LogP contribution < -0.4 is 20.7 Å². The SMILES string of the molecule is CC[C@@H](NC(=O)c1ccccc1NC(=O)c1ccc(OC)cc1)C(=O)NC1CCCCC1. The molecule has 170 valence electrons. The minimum atomic E-state index is -0.630. The molecule has 1 saturated carbocycles. The number of methoxy groups -OCH3 is 1. The van der Waals surface area contributed by atoms with Crippen LogP contribution in [0.2, 0.25) is 0 Å². The van der Waals surface area contributed by atoms with Crippen LogP contribution in [0.1, 0.15) is 66.2 Å². The number of carbonyl (C=O) groups excluding carboxylic acids is 3. The molecule has 1 fully saturated rings. The van der Waals surface area contributed by atoms with Gasteiger partial charge in [0.05, 0.1) is 18.4 Å². The summed E-state index contributed by atoms with van der Waals surface area (Å²) >= 11 is 0.